The zero-order valence-electron chi connectivity index (χ0n) is 35.3. The van der Waals surface area contributed by atoms with Crippen LogP contribution in [0.5, 0.6) is 5.75 Å². The first-order chi connectivity index (χ1) is 27.8. The van der Waals surface area contributed by atoms with Gasteiger partial charge in [0.15, 0.2) is 5.78 Å². The average Bonchev–Trinajstić information content (AvgIpc) is 3.18. The highest BCUT2D eigenvalue weighted by molar-refractivity contribution is 7.98. The standard InChI is InChI=1S/C44H61N5O9S/c1-42(2,3)58-41(56)49(5)34(21-28-13-15-31(50)16-14-28)39(54)47-32(17-18-59-7)38(53)46-26-35(51)48(4)33(20-27-11-9-8-10-12-27)36(52)37-43(40(55)57-6)22-29-19-30(23-43)25-44(37,45)24-29/h8-16,29-30,32-34,37,50H,17-26,45H2,1-7H3,(H,46,53)(H,47,54)/t29?,30?,32-,33+,34+,37?,43?,44?/m1/s1. The van der Waals surface area contributed by atoms with Crippen LogP contribution in [0, 0.1) is 23.2 Å². The highest BCUT2D eigenvalue weighted by Gasteiger charge is 2.68. The molecule has 6 rings (SSSR count). The SMILES string of the molecule is COC(=O)C12CC3CC(CC(N)(C3)C1C(=O)[C@H](Cc1ccccc1)N(C)C(=O)CNC(=O)[C@@H](CCSC)NC(=O)[C@H](Cc1ccc(O)cc1)N(C)C(=O)OC(C)(C)C)C2. The van der Waals surface area contributed by atoms with E-state index in [0.717, 1.165) is 12.0 Å². The number of Topliss-reactive ketones (excluding diaryl/α,β-unsaturated/α-hetero) is 1. The Balaban J connectivity index is 1.34. The summed E-state index contributed by atoms with van der Waals surface area (Å²) in [6, 6.07) is 12.4. The number of esters is 1. The lowest BCUT2D eigenvalue weighted by atomic mass is 9.41. The van der Waals surface area contributed by atoms with Crippen LogP contribution < -0.4 is 16.4 Å². The maximum absolute atomic E-state index is 15.0. The van der Waals surface area contributed by atoms with Gasteiger partial charge >= 0.3 is 12.1 Å². The quantitative estimate of drug-likeness (QED) is 0.169. The molecule has 0 aliphatic heterocycles. The molecule has 0 spiro atoms. The molecule has 0 saturated heterocycles. The number of nitrogens with zero attached hydrogens (tertiary/aromatic N) is 2. The number of amides is 4. The summed E-state index contributed by atoms with van der Waals surface area (Å²) in [6.45, 7) is 4.67. The Labute approximate surface area is 351 Å². The Kier molecular flexibility index (Phi) is 14.4. The maximum atomic E-state index is 15.0. The van der Waals surface area contributed by atoms with Crippen molar-refractivity contribution in [3.8, 4) is 5.75 Å². The number of benzene rings is 2. The van der Waals surface area contributed by atoms with Crippen molar-refractivity contribution in [3.05, 3.63) is 65.7 Å². The van der Waals surface area contributed by atoms with Gasteiger partial charge in [-0.15, -0.1) is 0 Å². The van der Waals surface area contributed by atoms with Crippen LogP contribution in [0.2, 0.25) is 0 Å². The molecule has 2 aromatic carbocycles. The van der Waals surface area contributed by atoms with Crippen molar-refractivity contribution in [2.24, 2.45) is 28.9 Å². The lowest BCUT2D eigenvalue weighted by molar-refractivity contribution is -0.189. The fourth-order valence-electron chi connectivity index (χ4n) is 9.82. The minimum atomic E-state index is -1.10. The van der Waals surface area contributed by atoms with Crippen LogP contribution in [0.1, 0.15) is 70.4 Å². The van der Waals surface area contributed by atoms with E-state index >= 15 is 4.79 Å². The van der Waals surface area contributed by atoms with E-state index in [9.17, 15) is 29.1 Å². The van der Waals surface area contributed by atoms with Crippen LogP contribution in [0.25, 0.3) is 0 Å². The van der Waals surface area contributed by atoms with Crippen LogP contribution in [-0.2, 0) is 46.3 Å². The number of phenols is 1. The molecule has 4 bridgehead atoms. The lowest BCUT2D eigenvalue weighted by Gasteiger charge is -2.63. The Bertz CT molecular complexity index is 1840. The van der Waals surface area contributed by atoms with Gasteiger partial charge in [-0.05, 0) is 113 Å². The highest BCUT2D eigenvalue weighted by Crippen LogP contribution is 2.64. The molecule has 4 fully saturated rings. The molecular formula is C44H61N5O9S. The molecular weight excluding hydrogens is 775 g/mol. The second-order valence-electron chi connectivity index (χ2n) is 17.7. The maximum Gasteiger partial charge on any atom is 0.410 e. The number of nitrogens with two attached hydrogens (primary N) is 1. The minimum absolute atomic E-state index is 0.0428. The van der Waals surface area contributed by atoms with Crippen molar-refractivity contribution in [1.29, 1.82) is 0 Å². The van der Waals surface area contributed by atoms with Crippen LogP contribution in [0.15, 0.2) is 54.6 Å². The number of carbonyl (C=O) groups excluding carboxylic acids is 6. The Hall–Kier alpha value is -4.63. The average molecular weight is 836 g/mol. The number of methoxy groups -OCH3 is 1. The number of phenolic OH excluding ortho intramolecular Hbond substituents is 1. The van der Waals surface area contributed by atoms with Crippen molar-refractivity contribution in [3.63, 3.8) is 0 Å². The molecule has 5 N–H and O–H groups in total. The largest absolute Gasteiger partial charge is 0.508 e. The van der Waals surface area contributed by atoms with Crippen molar-refractivity contribution in [2.45, 2.75) is 101 Å². The molecule has 4 amide bonds. The van der Waals surface area contributed by atoms with Crippen molar-refractivity contribution in [2.75, 3.05) is 39.8 Å². The van der Waals surface area contributed by atoms with Crippen molar-refractivity contribution < 1.29 is 43.3 Å². The number of aromatic hydroxyl groups is 1. The number of nitrogens with one attached hydrogen (secondary N) is 2. The number of hydrogen-bond donors (Lipinski definition) is 4. The van der Waals surface area contributed by atoms with Gasteiger partial charge in [-0.25, -0.2) is 4.79 Å². The summed E-state index contributed by atoms with van der Waals surface area (Å²) in [5.74, 6) is -2.37. The van der Waals surface area contributed by atoms with Gasteiger partial charge in [-0.1, -0.05) is 42.5 Å². The van der Waals surface area contributed by atoms with Crippen molar-refractivity contribution in [1.82, 2.24) is 20.4 Å². The predicted molar refractivity (Wildman–Crippen MR) is 224 cm³/mol. The number of ether oxygens (including phenoxy) is 2. The van der Waals surface area contributed by atoms with E-state index in [1.807, 2.05) is 36.6 Å². The summed E-state index contributed by atoms with van der Waals surface area (Å²) >= 11 is 1.47. The normalized spacial score (nSPS) is 24.6. The number of carbonyl (C=O) groups is 6. The number of ketones is 1. The van der Waals surface area contributed by atoms with E-state index < -0.39 is 76.9 Å². The van der Waals surface area contributed by atoms with Crippen molar-refractivity contribution >= 4 is 47.3 Å². The Morgan fingerprint density at radius 1 is 0.881 bits per heavy atom. The first-order valence-corrected chi connectivity index (χ1v) is 21.7. The second-order valence-corrected chi connectivity index (χ2v) is 18.7. The molecule has 0 radical (unpaired) electrons. The highest BCUT2D eigenvalue weighted by atomic mass is 32.2. The van der Waals surface area contributed by atoms with Gasteiger partial charge in [-0.3, -0.25) is 28.9 Å². The van der Waals surface area contributed by atoms with E-state index in [1.165, 1.54) is 54.9 Å². The van der Waals surface area contributed by atoms with Gasteiger partial charge in [0.05, 0.1) is 31.0 Å². The van der Waals surface area contributed by atoms with Gasteiger partial charge < -0.3 is 35.8 Å². The smallest absolute Gasteiger partial charge is 0.410 e. The third-order valence-electron chi connectivity index (χ3n) is 12.2. The summed E-state index contributed by atoms with van der Waals surface area (Å²) in [5.41, 5.74) is 5.78. The molecule has 15 heteroatoms. The van der Waals surface area contributed by atoms with Gasteiger partial charge in [0, 0.05) is 26.1 Å². The van der Waals surface area contributed by atoms with E-state index in [4.69, 9.17) is 15.2 Å². The number of hydrogen-bond acceptors (Lipinski definition) is 11. The Morgan fingerprint density at radius 3 is 2.05 bits per heavy atom. The first-order valence-electron chi connectivity index (χ1n) is 20.3. The molecule has 4 saturated carbocycles. The fourth-order valence-corrected chi connectivity index (χ4v) is 10.3. The molecule has 3 unspecified atom stereocenters. The van der Waals surface area contributed by atoms with Gasteiger partial charge in [0.25, 0.3) is 0 Å². The topological polar surface area (TPSA) is 198 Å². The second kappa shape index (κ2) is 18.7. The van der Waals surface area contributed by atoms with Crippen LogP contribution in [-0.4, -0.2) is 119 Å². The summed E-state index contributed by atoms with van der Waals surface area (Å²) in [4.78, 5) is 86.3. The van der Waals surface area contributed by atoms with Crippen LogP contribution >= 0.6 is 11.8 Å². The van der Waals surface area contributed by atoms with Gasteiger partial charge in [-0.2, -0.15) is 11.8 Å². The monoisotopic (exact) mass is 835 g/mol. The zero-order chi connectivity index (χ0) is 43.3. The zero-order valence-corrected chi connectivity index (χ0v) is 36.1. The molecule has 0 heterocycles. The predicted octanol–water partition coefficient (Wildman–Crippen LogP) is 3.86. The third kappa shape index (κ3) is 10.6. The molecule has 4 aliphatic carbocycles. The van der Waals surface area contributed by atoms with E-state index in [-0.39, 0.29) is 42.6 Å². The van der Waals surface area contributed by atoms with E-state index in [1.54, 1.807) is 32.9 Å². The number of rotatable bonds is 17. The number of likely N-dealkylation sites (N-methyl/N-ethyl adjacent to an activating group) is 2. The summed E-state index contributed by atoms with van der Waals surface area (Å²) in [5, 5.41) is 15.3. The van der Waals surface area contributed by atoms with Gasteiger partial charge in [0.2, 0.25) is 17.7 Å². The summed E-state index contributed by atoms with van der Waals surface area (Å²) < 4.78 is 10.9. The molecule has 2 aromatic rings. The molecule has 0 aromatic heterocycles. The molecule has 6 atom stereocenters. The molecule has 14 nitrogen and oxygen atoms in total. The van der Waals surface area contributed by atoms with Crippen LogP contribution in [0.4, 0.5) is 4.79 Å². The van der Waals surface area contributed by atoms with Crippen LogP contribution in [0.3, 0.4) is 0 Å². The molecule has 4 aliphatic rings. The Morgan fingerprint density at radius 2 is 1.47 bits per heavy atom. The minimum Gasteiger partial charge on any atom is -0.508 e. The van der Waals surface area contributed by atoms with E-state index in [2.05, 4.69) is 10.6 Å². The number of thioether (sulfide) groups is 1. The summed E-state index contributed by atoms with van der Waals surface area (Å²) in [6.07, 6.45) is 4.83. The fraction of sp³-hybridized carbons (Fsp3) is 0.591. The first kappa shape index (κ1) is 45.5. The molecule has 322 valence electrons. The van der Waals surface area contributed by atoms with E-state index in [0.29, 0.717) is 37.0 Å². The van der Waals surface area contributed by atoms with Gasteiger partial charge in [0.1, 0.15) is 23.4 Å². The third-order valence-corrected chi connectivity index (χ3v) is 12.9. The lowest BCUT2D eigenvalue weighted by Crippen LogP contribution is -2.72. The summed E-state index contributed by atoms with van der Waals surface area (Å²) in [7, 11) is 4.31. The molecule has 59 heavy (non-hydrogen) atoms.